The van der Waals surface area contributed by atoms with Crippen LogP contribution in [0, 0.1) is 0 Å². The largest absolute Gasteiger partial charge is 0.491 e. The summed E-state index contributed by atoms with van der Waals surface area (Å²) < 4.78 is 11.8. The fourth-order valence-electron chi connectivity index (χ4n) is 2.78. The van der Waals surface area contributed by atoms with Crippen LogP contribution >= 0.6 is 12.4 Å². The van der Waals surface area contributed by atoms with Gasteiger partial charge < -0.3 is 14.8 Å². The number of fused-ring (bicyclic) bond motifs is 3. The Morgan fingerprint density at radius 2 is 2.17 bits per heavy atom. The maximum Gasteiger partial charge on any atom is 0.125 e. The second kappa shape index (κ2) is 5.47. The highest BCUT2D eigenvalue weighted by Gasteiger charge is 2.35. The average molecular weight is 270 g/mol. The molecule has 0 aliphatic carbocycles. The first-order valence-electron chi connectivity index (χ1n) is 6.36. The van der Waals surface area contributed by atoms with E-state index < -0.39 is 0 Å². The lowest BCUT2D eigenvalue weighted by Crippen LogP contribution is -2.27. The minimum Gasteiger partial charge on any atom is -0.491 e. The summed E-state index contributed by atoms with van der Waals surface area (Å²) >= 11 is 0. The minimum absolute atomic E-state index is 0. The molecular formula is C14H20ClNO2. The molecule has 0 bridgehead atoms. The Morgan fingerprint density at radius 3 is 2.94 bits per heavy atom. The molecule has 2 heterocycles. The molecule has 0 saturated carbocycles. The van der Waals surface area contributed by atoms with Gasteiger partial charge in [-0.15, -0.1) is 12.4 Å². The van der Waals surface area contributed by atoms with Crippen molar-refractivity contribution < 1.29 is 9.47 Å². The SMILES string of the molecule is CC(C)Oc1cccc2c1COC1CNCC21.Cl. The monoisotopic (exact) mass is 269 g/mol. The van der Waals surface area contributed by atoms with Gasteiger partial charge >= 0.3 is 0 Å². The van der Waals surface area contributed by atoms with Crippen LogP contribution in [0.5, 0.6) is 5.75 Å². The normalized spacial score (nSPS) is 25.3. The zero-order chi connectivity index (χ0) is 11.8. The van der Waals surface area contributed by atoms with Crippen LogP contribution in [0.3, 0.4) is 0 Å². The summed E-state index contributed by atoms with van der Waals surface area (Å²) in [5.74, 6) is 1.48. The maximum absolute atomic E-state index is 5.91. The van der Waals surface area contributed by atoms with Crippen molar-refractivity contribution in [3.05, 3.63) is 29.3 Å². The Kier molecular flexibility index (Phi) is 4.15. The topological polar surface area (TPSA) is 30.5 Å². The molecule has 0 radical (unpaired) electrons. The summed E-state index contributed by atoms with van der Waals surface area (Å²) in [6.45, 7) is 6.79. The third kappa shape index (κ3) is 2.35. The van der Waals surface area contributed by atoms with E-state index >= 15 is 0 Å². The summed E-state index contributed by atoms with van der Waals surface area (Å²) in [6.07, 6.45) is 0.553. The molecule has 1 N–H and O–H groups in total. The minimum atomic E-state index is 0. The van der Waals surface area contributed by atoms with Crippen LogP contribution in [0.25, 0.3) is 0 Å². The second-order valence-electron chi connectivity index (χ2n) is 5.10. The van der Waals surface area contributed by atoms with Crippen LogP contribution in [0.15, 0.2) is 18.2 Å². The van der Waals surface area contributed by atoms with Gasteiger partial charge in [0.15, 0.2) is 0 Å². The Morgan fingerprint density at radius 1 is 1.33 bits per heavy atom. The van der Waals surface area contributed by atoms with Gasteiger partial charge in [0.05, 0.1) is 18.8 Å². The predicted molar refractivity (Wildman–Crippen MR) is 73.6 cm³/mol. The number of halogens is 1. The van der Waals surface area contributed by atoms with Gasteiger partial charge in [0.2, 0.25) is 0 Å². The first-order valence-corrected chi connectivity index (χ1v) is 6.36. The molecule has 0 spiro atoms. The van der Waals surface area contributed by atoms with Gasteiger partial charge in [-0.05, 0) is 25.5 Å². The highest BCUT2D eigenvalue weighted by Crippen LogP contribution is 2.38. The van der Waals surface area contributed by atoms with Crippen molar-refractivity contribution in [2.45, 2.75) is 38.6 Å². The van der Waals surface area contributed by atoms with Gasteiger partial charge in [0, 0.05) is 24.6 Å². The van der Waals surface area contributed by atoms with Crippen molar-refractivity contribution in [1.29, 1.82) is 0 Å². The lowest BCUT2D eigenvalue weighted by molar-refractivity contribution is 0.0277. The highest BCUT2D eigenvalue weighted by molar-refractivity contribution is 5.85. The molecule has 0 amide bonds. The zero-order valence-corrected chi connectivity index (χ0v) is 11.6. The van der Waals surface area contributed by atoms with Crippen LogP contribution in [0.2, 0.25) is 0 Å². The average Bonchev–Trinajstić information content (AvgIpc) is 2.76. The van der Waals surface area contributed by atoms with E-state index in [2.05, 4.69) is 31.3 Å². The summed E-state index contributed by atoms with van der Waals surface area (Å²) in [5.41, 5.74) is 2.65. The number of rotatable bonds is 2. The Bertz CT molecular complexity index is 422. The number of benzene rings is 1. The fourth-order valence-corrected chi connectivity index (χ4v) is 2.78. The molecule has 2 aliphatic heterocycles. The van der Waals surface area contributed by atoms with Crippen molar-refractivity contribution in [3.63, 3.8) is 0 Å². The molecule has 2 aliphatic rings. The smallest absolute Gasteiger partial charge is 0.125 e. The Labute approximate surface area is 114 Å². The Hall–Kier alpha value is -0.770. The van der Waals surface area contributed by atoms with E-state index in [9.17, 15) is 0 Å². The molecular weight excluding hydrogens is 250 g/mol. The van der Waals surface area contributed by atoms with Crippen LogP contribution in [0.4, 0.5) is 0 Å². The molecule has 100 valence electrons. The number of hydrogen-bond acceptors (Lipinski definition) is 3. The molecule has 1 aromatic rings. The van der Waals surface area contributed by atoms with E-state index in [0.29, 0.717) is 18.6 Å². The standard InChI is InChI=1S/C14H19NO2.ClH/c1-9(2)17-13-5-3-4-10-11-6-15-7-14(11)16-8-12(10)13;/h3-5,9,11,14-15H,6-8H2,1-2H3;1H. The van der Waals surface area contributed by atoms with Gasteiger partial charge in [-0.3, -0.25) is 0 Å². The summed E-state index contributed by atoms with van der Waals surface area (Å²) in [6, 6.07) is 6.36. The predicted octanol–water partition coefficient (Wildman–Crippen LogP) is 2.48. The van der Waals surface area contributed by atoms with E-state index in [4.69, 9.17) is 9.47 Å². The molecule has 1 aromatic carbocycles. The molecule has 3 nitrogen and oxygen atoms in total. The van der Waals surface area contributed by atoms with E-state index in [1.807, 2.05) is 6.07 Å². The molecule has 1 saturated heterocycles. The van der Waals surface area contributed by atoms with E-state index in [1.165, 1.54) is 11.1 Å². The van der Waals surface area contributed by atoms with Crippen molar-refractivity contribution in [3.8, 4) is 5.75 Å². The molecule has 4 heteroatoms. The van der Waals surface area contributed by atoms with E-state index in [1.54, 1.807) is 0 Å². The van der Waals surface area contributed by atoms with Gasteiger partial charge in [-0.2, -0.15) is 0 Å². The van der Waals surface area contributed by atoms with Crippen molar-refractivity contribution in [2.24, 2.45) is 0 Å². The molecule has 2 unspecified atom stereocenters. The molecule has 1 fully saturated rings. The van der Waals surface area contributed by atoms with Crippen LogP contribution in [-0.2, 0) is 11.3 Å². The Balaban J connectivity index is 0.00000120. The van der Waals surface area contributed by atoms with Crippen molar-refractivity contribution >= 4 is 12.4 Å². The van der Waals surface area contributed by atoms with Gasteiger partial charge in [-0.1, -0.05) is 12.1 Å². The number of ether oxygens (including phenoxy) is 2. The first kappa shape index (κ1) is 13.7. The third-order valence-electron chi connectivity index (χ3n) is 3.53. The maximum atomic E-state index is 5.91. The van der Waals surface area contributed by atoms with Crippen LogP contribution in [-0.4, -0.2) is 25.3 Å². The number of nitrogens with one attached hydrogen (secondary N) is 1. The molecule has 2 atom stereocenters. The van der Waals surface area contributed by atoms with Gasteiger partial charge in [0.25, 0.3) is 0 Å². The van der Waals surface area contributed by atoms with E-state index in [0.717, 1.165) is 18.8 Å². The third-order valence-corrected chi connectivity index (χ3v) is 3.53. The van der Waals surface area contributed by atoms with Crippen molar-refractivity contribution in [2.75, 3.05) is 13.1 Å². The summed E-state index contributed by atoms with van der Waals surface area (Å²) in [7, 11) is 0. The lowest BCUT2D eigenvalue weighted by atomic mass is 9.89. The summed E-state index contributed by atoms with van der Waals surface area (Å²) in [4.78, 5) is 0. The van der Waals surface area contributed by atoms with E-state index in [-0.39, 0.29) is 18.5 Å². The molecule has 18 heavy (non-hydrogen) atoms. The van der Waals surface area contributed by atoms with Gasteiger partial charge in [-0.25, -0.2) is 0 Å². The quantitative estimate of drug-likeness (QED) is 0.895. The fraction of sp³-hybridized carbons (Fsp3) is 0.571. The van der Waals surface area contributed by atoms with Crippen LogP contribution in [0.1, 0.15) is 30.9 Å². The number of hydrogen-bond donors (Lipinski definition) is 1. The van der Waals surface area contributed by atoms with Crippen LogP contribution < -0.4 is 10.1 Å². The zero-order valence-electron chi connectivity index (χ0n) is 10.8. The molecule has 3 rings (SSSR count). The lowest BCUT2D eigenvalue weighted by Gasteiger charge is -2.29. The van der Waals surface area contributed by atoms with Gasteiger partial charge in [0.1, 0.15) is 5.75 Å². The highest BCUT2D eigenvalue weighted by atomic mass is 35.5. The first-order chi connectivity index (χ1) is 8.25. The molecule has 0 aromatic heterocycles. The van der Waals surface area contributed by atoms with Crippen molar-refractivity contribution in [1.82, 2.24) is 5.32 Å². The second-order valence-corrected chi connectivity index (χ2v) is 5.10. The summed E-state index contributed by atoms with van der Waals surface area (Å²) in [5, 5.41) is 3.40.